The fraction of sp³-hybridized carbons (Fsp3) is 0.391. The molecule has 8 heteroatoms. The number of aromatic nitrogens is 1. The number of hydrogen-bond donors (Lipinski definition) is 3. The second kappa shape index (κ2) is 9.47. The van der Waals surface area contributed by atoms with Crippen LogP contribution in [0.5, 0.6) is 5.88 Å². The molecule has 0 fully saturated rings. The molecule has 0 saturated carbocycles. The average molecular weight is 443 g/mol. The highest BCUT2D eigenvalue weighted by Crippen LogP contribution is 2.36. The van der Waals surface area contributed by atoms with Gasteiger partial charge in [0.2, 0.25) is 5.88 Å². The van der Waals surface area contributed by atoms with Crippen molar-refractivity contribution in [3.05, 3.63) is 58.3 Å². The van der Waals surface area contributed by atoms with E-state index in [0.717, 1.165) is 17.9 Å². The van der Waals surface area contributed by atoms with E-state index in [4.69, 9.17) is 21.7 Å². The summed E-state index contributed by atoms with van der Waals surface area (Å²) < 4.78 is 6.15. The maximum absolute atomic E-state index is 12.9. The van der Waals surface area contributed by atoms with Crippen LogP contribution in [0.1, 0.15) is 55.5 Å². The van der Waals surface area contributed by atoms with Crippen molar-refractivity contribution in [2.75, 3.05) is 0 Å². The molecular weight excluding hydrogens is 416 g/mol. The van der Waals surface area contributed by atoms with Gasteiger partial charge in [0, 0.05) is 22.5 Å². The van der Waals surface area contributed by atoms with E-state index in [9.17, 15) is 9.59 Å². The van der Waals surface area contributed by atoms with Crippen molar-refractivity contribution in [1.29, 1.82) is 5.41 Å². The van der Waals surface area contributed by atoms with Crippen LogP contribution in [0.4, 0.5) is 0 Å². The lowest BCUT2D eigenvalue weighted by Crippen LogP contribution is -2.43. The molecule has 3 rings (SSSR count). The number of amides is 2. The first-order valence-corrected chi connectivity index (χ1v) is 10.7. The van der Waals surface area contributed by atoms with E-state index in [0.29, 0.717) is 29.7 Å². The Kier molecular flexibility index (Phi) is 6.95. The van der Waals surface area contributed by atoms with E-state index in [-0.39, 0.29) is 17.4 Å². The lowest BCUT2D eigenvalue weighted by Gasteiger charge is -2.33. The minimum absolute atomic E-state index is 0.187. The molecule has 2 atom stereocenters. The number of rotatable bonds is 4. The summed E-state index contributed by atoms with van der Waals surface area (Å²) in [5.74, 6) is -0.515. The minimum Gasteiger partial charge on any atom is -0.466 e. The van der Waals surface area contributed by atoms with Crippen LogP contribution in [0.3, 0.4) is 0 Å². The molecule has 1 heterocycles. The zero-order chi connectivity index (χ0) is 22.6. The van der Waals surface area contributed by atoms with Gasteiger partial charge in [0.15, 0.2) is 0 Å². The number of allylic oxidation sites excluding steroid dienone is 3. The summed E-state index contributed by atoms with van der Waals surface area (Å²) in [5.41, 5.74) is 5.96. The molecule has 0 spiro atoms. The molecule has 0 saturated heterocycles. The number of halogens is 1. The quantitative estimate of drug-likeness (QED) is 0.609. The van der Waals surface area contributed by atoms with Gasteiger partial charge in [-0.15, -0.1) is 0 Å². The first-order valence-electron chi connectivity index (χ1n) is 10.3. The zero-order valence-electron chi connectivity index (χ0n) is 17.9. The molecule has 1 aromatic rings. The minimum atomic E-state index is -0.677. The molecule has 1 aromatic heterocycles. The number of hydrazine groups is 1. The molecule has 0 aliphatic heterocycles. The fourth-order valence-electron chi connectivity index (χ4n) is 3.48. The first kappa shape index (κ1) is 22.7. The van der Waals surface area contributed by atoms with Gasteiger partial charge >= 0.3 is 0 Å². The molecule has 2 unspecified atom stereocenters. The average Bonchev–Trinajstić information content (AvgIpc) is 2.93. The lowest BCUT2D eigenvalue weighted by molar-refractivity contribution is -0.117. The van der Waals surface area contributed by atoms with Crippen molar-refractivity contribution in [3.63, 3.8) is 0 Å². The van der Waals surface area contributed by atoms with Crippen LogP contribution in [-0.2, 0) is 4.79 Å². The highest BCUT2D eigenvalue weighted by molar-refractivity contribution is 6.30. The topological polar surface area (TPSA) is 104 Å². The Morgan fingerprint density at radius 3 is 2.77 bits per heavy atom. The van der Waals surface area contributed by atoms with Crippen molar-refractivity contribution < 1.29 is 14.3 Å². The van der Waals surface area contributed by atoms with Crippen LogP contribution in [0.15, 0.2) is 47.2 Å². The molecule has 2 aliphatic carbocycles. The number of nitrogens with one attached hydrogen (secondary N) is 3. The van der Waals surface area contributed by atoms with Gasteiger partial charge in [0.1, 0.15) is 11.2 Å². The maximum Gasteiger partial charge on any atom is 0.275 e. The van der Waals surface area contributed by atoms with Crippen LogP contribution in [-0.4, -0.2) is 28.1 Å². The number of aryl methyl sites for hydroxylation is 1. The number of hydrogen-bond acceptors (Lipinski definition) is 5. The Morgan fingerprint density at radius 2 is 2.03 bits per heavy atom. The Labute approximate surface area is 187 Å². The van der Waals surface area contributed by atoms with Crippen LogP contribution in [0.2, 0.25) is 0 Å². The van der Waals surface area contributed by atoms with Gasteiger partial charge in [-0.2, -0.15) is 0 Å². The van der Waals surface area contributed by atoms with Gasteiger partial charge in [-0.1, -0.05) is 24.6 Å². The van der Waals surface area contributed by atoms with E-state index < -0.39 is 17.4 Å². The summed E-state index contributed by atoms with van der Waals surface area (Å²) in [6.07, 6.45) is 11.1. The molecule has 31 heavy (non-hydrogen) atoms. The van der Waals surface area contributed by atoms with E-state index >= 15 is 0 Å². The highest BCUT2D eigenvalue weighted by atomic mass is 35.5. The van der Waals surface area contributed by atoms with Crippen LogP contribution in [0, 0.1) is 18.3 Å². The van der Waals surface area contributed by atoms with Crippen LogP contribution in [0.25, 0.3) is 0 Å². The second-order valence-electron chi connectivity index (χ2n) is 8.16. The molecular formula is C23H27ClN4O3. The molecule has 0 bridgehead atoms. The molecule has 164 valence electrons. The van der Waals surface area contributed by atoms with E-state index in [2.05, 4.69) is 22.8 Å². The number of ether oxygens (including phenoxy) is 1. The summed E-state index contributed by atoms with van der Waals surface area (Å²) in [7, 11) is 0. The maximum atomic E-state index is 12.9. The molecule has 7 nitrogen and oxygen atoms in total. The zero-order valence-corrected chi connectivity index (χ0v) is 18.7. The number of carbonyl (C=O) groups excluding carboxylic acids is 2. The van der Waals surface area contributed by atoms with Gasteiger partial charge in [-0.25, -0.2) is 4.98 Å². The Hall–Kier alpha value is -2.93. The van der Waals surface area contributed by atoms with E-state index in [1.54, 1.807) is 37.4 Å². The summed E-state index contributed by atoms with van der Waals surface area (Å²) in [6.45, 7) is 5.76. The number of nitrogens with zero attached hydrogens (tertiary/aromatic N) is 1. The smallest absolute Gasteiger partial charge is 0.275 e. The fourth-order valence-corrected chi connectivity index (χ4v) is 3.82. The van der Waals surface area contributed by atoms with Crippen molar-refractivity contribution >= 4 is 29.1 Å². The molecule has 0 radical (unpaired) electrons. The summed E-state index contributed by atoms with van der Waals surface area (Å²) in [6, 6.07) is 1.71. The third kappa shape index (κ3) is 5.61. The lowest BCUT2D eigenvalue weighted by atomic mass is 9.87. The molecule has 2 aliphatic rings. The largest absolute Gasteiger partial charge is 0.466 e. The first-order chi connectivity index (χ1) is 14.7. The molecule has 0 aromatic carbocycles. The summed E-state index contributed by atoms with van der Waals surface area (Å²) >= 11 is 6.34. The third-order valence-corrected chi connectivity index (χ3v) is 5.94. The van der Waals surface area contributed by atoms with Crippen molar-refractivity contribution in [3.8, 4) is 5.88 Å². The van der Waals surface area contributed by atoms with E-state index in [1.165, 1.54) is 0 Å². The van der Waals surface area contributed by atoms with Crippen molar-refractivity contribution in [2.45, 2.75) is 52.1 Å². The SMILES string of the molecule is Cc1ccnc(OC2(C)C=C(Cl)C(C)CC2)c1C(=O)NNC(=O)C1=CCCC(=N)C=C1. The van der Waals surface area contributed by atoms with E-state index in [1.807, 2.05) is 13.0 Å². The standard InChI is InChI=1S/C23H27ClN4O3/c1-14-9-11-23(3,13-18(14)24)31-22-19(15(2)10-12-26-22)21(30)28-27-20(29)16-5-4-6-17(25)8-7-16/h5,7-8,10,12-14,25H,4,6,9,11H2,1-3H3,(H,27,29)(H,28,30). The predicted octanol–water partition coefficient (Wildman–Crippen LogP) is 4.14. The van der Waals surface area contributed by atoms with Gasteiger partial charge in [-0.3, -0.25) is 20.4 Å². The Balaban J connectivity index is 1.74. The number of carbonyl (C=O) groups is 2. The summed E-state index contributed by atoms with van der Waals surface area (Å²) in [5, 5.41) is 8.41. The van der Waals surface area contributed by atoms with Gasteiger partial charge in [0.05, 0.1) is 0 Å². The number of pyridine rings is 1. The van der Waals surface area contributed by atoms with Gasteiger partial charge < -0.3 is 10.1 Å². The van der Waals surface area contributed by atoms with Gasteiger partial charge in [0.25, 0.3) is 11.8 Å². The third-order valence-electron chi connectivity index (χ3n) is 5.46. The van der Waals surface area contributed by atoms with Crippen LogP contribution >= 0.6 is 11.6 Å². The highest BCUT2D eigenvalue weighted by Gasteiger charge is 2.32. The summed E-state index contributed by atoms with van der Waals surface area (Å²) in [4.78, 5) is 29.6. The molecule has 2 amide bonds. The Bertz CT molecular complexity index is 999. The second-order valence-corrected chi connectivity index (χ2v) is 8.59. The Morgan fingerprint density at radius 1 is 1.29 bits per heavy atom. The molecule has 3 N–H and O–H groups in total. The van der Waals surface area contributed by atoms with Crippen LogP contribution < -0.4 is 15.6 Å². The monoisotopic (exact) mass is 442 g/mol. The normalized spacial score (nSPS) is 23.4. The van der Waals surface area contributed by atoms with Crippen molar-refractivity contribution in [1.82, 2.24) is 15.8 Å². The van der Waals surface area contributed by atoms with Crippen molar-refractivity contribution in [2.24, 2.45) is 5.92 Å². The van der Waals surface area contributed by atoms with Gasteiger partial charge in [-0.05, 0) is 75.3 Å². The predicted molar refractivity (Wildman–Crippen MR) is 120 cm³/mol.